The largest absolute Gasteiger partial charge is 0.497 e. The topological polar surface area (TPSA) is 88.5 Å². The number of hydrogen-bond acceptors (Lipinski definition) is 5. The molecular formula is C22H25N5O3S. The smallest absolute Gasteiger partial charge is 0.324 e. The molecule has 0 spiro atoms. The van der Waals surface area contributed by atoms with Crippen molar-refractivity contribution in [1.29, 1.82) is 0 Å². The molecule has 1 atom stereocenters. The molecule has 0 bridgehead atoms. The lowest BCUT2D eigenvalue weighted by Crippen LogP contribution is -2.49. The Hall–Kier alpha value is -3.20. The first-order valence-electron chi connectivity index (χ1n) is 10.1. The van der Waals surface area contributed by atoms with Crippen molar-refractivity contribution in [3.63, 3.8) is 0 Å². The molecule has 2 aromatic carbocycles. The zero-order chi connectivity index (χ0) is 21.8. The van der Waals surface area contributed by atoms with Gasteiger partial charge in [-0.1, -0.05) is 18.2 Å². The summed E-state index contributed by atoms with van der Waals surface area (Å²) in [6.45, 7) is 1.19. The normalized spacial score (nSPS) is 13.7. The average Bonchev–Trinajstić information content (AvgIpc) is 3.36. The molecule has 2 heterocycles. The molecule has 1 aliphatic heterocycles. The van der Waals surface area contributed by atoms with Crippen LogP contribution in [0.2, 0.25) is 0 Å². The Bertz CT molecular complexity index is 1100. The molecule has 0 aliphatic carbocycles. The van der Waals surface area contributed by atoms with Gasteiger partial charge in [0.1, 0.15) is 11.8 Å². The highest BCUT2D eigenvalue weighted by molar-refractivity contribution is 7.98. The fourth-order valence-electron chi connectivity index (χ4n) is 3.64. The number of rotatable bonds is 7. The lowest BCUT2D eigenvalue weighted by molar-refractivity contribution is -0.117. The Balaban J connectivity index is 1.49. The Morgan fingerprint density at radius 3 is 2.84 bits per heavy atom. The van der Waals surface area contributed by atoms with Crippen LogP contribution in [0.1, 0.15) is 6.42 Å². The summed E-state index contributed by atoms with van der Waals surface area (Å²) in [7, 11) is 1.58. The van der Waals surface area contributed by atoms with E-state index in [4.69, 9.17) is 4.74 Å². The molecular weight excluding hydrogens is 414 g/mol. The number of aromatic nitrogens is 2. The lowest BCUT2D eigenvalue weighted by atomic mass is 10.2. The maximum atomic E-state index is 13.1. The molecule has 0 radical (unpaired) electrons. The number of methoxy groups -OCH3 is 1. The molecule has 162 valence electrons. The van der Waals surface area contributed by atoms with Crippen molar-refractivity contribution in [3.05, 3.63) is 48.5 Å². The number of para-hydroxylation sites is 2. The third-order valence-electron chi connectivity index (χ3n) is 5.23. The lowest BCUT2D eigenvalue weighted by Gasteiger charge is -2.22. The highest BCUT2D eigenvalue weighted by atomic mass is 32.2. The molecule has 0 fully saturated rings. The van der Waals surface area contributed by atoms with E-state index < -0.39 is 6.04 Å². The number of carbonyl (C=O) groups is 2. The Kier molecular flexibility index (Phi) is 6.31. The van der Waals surface area contributed by atoms with Crippen molar-refractivity contribution < 1.29 is 14.3 Å². The molecule has 4 rings (SSSR count). The molecule has 0 saturated heterocycles. The van der Waals surface area contributed by atoms with Crippen LogP contribution in [0.5, 0.6) is 5.75 Å². The molecule has 1 aliphatic rings. The summed E-state index contributed by atoms with van der Waals surface area (Å²) < 4.78 is 7.24. The highest BCUT2D eigenvalue weighted by Crippen LogP contribution is 2.27. The van der Waals surface area contributed by atoms with Crippen LogP contribution in [-0.2, 0) is 11.3 Å². The number of nitrogens with one attached hydrogen (secondary N) is 2. The number of thioether (sulfide) groups is 1. The highest BCUT2D eigenvalue weighted by Gasteiger charge is 2.31. The van der Waals surface area contributed by atoms with E-state index in [9.17, 15) is 9.59 Å². The van der Waals surface area contributed by atoms with Gasteiger partial charge in [0.05, 0.1) is 18.1 Å². The maximum Gasteiger partial charge on any atom is 0.324 e. The fourth-order valence-corrected chi connectivity index (χ4v) is 4.11. The van der Waals surface area contributed by atoms with Gasteiger partial charge >= 0.3 is 6.03 Å². The molecule has 31 heavy (non-hydrogen) atoms. The van der Waals surface area contributed by atoms with Gasteiger partial charge in [0, 0.05) is 24.8 Å². The number of benzene rings is 2. The summed E-state index contributed by atoms with van der Waals surface area (Å²) in [4.78, 5) is 32.2. The first kappa shape index (κ1) is 21.0. The van der Waals surface area contributed by atoms with Crippen LogP contribution in [-0.4, -0.2) is 53.2 Å². The SMILES string of the molecule is COc1cccc(NC(=O)[C@H](CCSC)NC(=O)N2CCn3c2nc2ccccc23)c1. The minimum Gasteiger partial charge on any atom is -0.497 e. The average molecular weight is 440 g/mol. The summed E-state index contributed by atoms with van der Waals surface area (Å²) in [6, 6.07) is 14.0. The molecule has 8 nitrogen and oxygen atoms in total. The van der Waals surface area contributed by atoms with Crippen LogP contribution in [0.3, 0.4) is 0 Å². The predicted molar refractivity (Wildman–Crippen MR) is 124 cm³/mol. The van der Waals surface area contributed by atoms with Gasteiger partial charge in [0.25, 0.3) is 0 Å². The van der Waals surface area contributed by atoms with Gasteiger partial charge in [-0.05, 0) is 42.7 Å². The fraction of sp³-hybridized carbons (Fsp3) is 0.318. The van der Waals surface area contributed by atoms with Gasteiger partial charge in [0.2, 0.25) is 11.9 Å². The van der Waals surface area contributed by atoms with Gasteiger partial charge < -0.3 is 19.9 Å². The van der Waals surface area contributed by atoms with E-state index in [-0.39, 0.29) is 11.9 Å². The second-order valence-electron chi connectivity index (χ2n) is 7.21. The number of ether oxygens (including phenoxy) is 1. The Morgan fingerprint density at radius 2 is 2.03 bits per heavy atom. The molecule has 0 unspecified atom stereocenters. The monoisotopic (exact) mass is 439 g/mol. The minimum atomic E-state index is -0.662. The van der Waals surface area contributed by atoms with Crippen LogP contribution in [0.25, 0.3) is 11.0 Å². The van der Waals surface area contributed by atoms with Crippen LogP contribution in [0.4, 0.5) is 16.4 Å². The predicted octanol–water partition coefficient (Wildman–Crippen LogP) is 3.33. The van der Waals surface area contributed by atoms with Gasteiger partial charge in [-0.25, -0.2) is 9.78 Å². The van der Waals surface area contributed by atoms with Crippen molar-refractivity contribution >= 4 is 46.4 Å². The number of nitrogens with zero attached hydrogens (tertiary/aromatic N) is 3. The zero-order valence-electron chi connectivity index (χ0n) is 17.5. The number of amides is 3. The van der Waals surface area contributed by atoms with Gasteiger partial charge in [-0.15, -0.1) is 0 Å². The number of fused-ring (bicyclic) bond motifs is 3. The van der Waals surface area contributed by atoms with Gasteiger partial charge in [-0.2, -0.15) is 11.8 Å². The van der Waals surface area contributed by atoms with Crippen molar-refractivity contribution in [3.8, 4) is 5.75 Å². The van der Waals surface area contributed by atoms with E-state index in [1.165, 1.54) is 0 Å². The van der Waals surface area contributed by atoms with Gasteiger partial charge in [-0.3, -0.25) is 9.69 Å². The summed E-state index contributed by atoms with van der Waals surface area (Å²) in [5, 5.41) is 5.78. The molecule has 9 heteroatoms. The summed E-state index contributed by atoms with van der Waals surface area (Å²) >= 11 is 1.63. The van der Waals surface area contributed by atoms with Gasteiger partial charge in [0.15, 0.2) is 0 Å². The molecule has 1 aromatic heterocycles. The Morgan fingerprint density at radius 1 is 1.19 bits per heavy atom. The van der Waals surface area contributed by atoms with E-state index in [0.29, 0.717) is 36.9 Å². The van der Waals surface area contributed by atoms with Crippen molar-refractivity contribution in [2.75, 3.05) is 35.9 Å². The molecule has 0 saturated carbocycles. The number of urea groups is 1. The van der Waals surface area contributed by atoms with Crippen LogP contribution in [0.15, 0.2) is 48.5 Å². The van der Waals surface area contributed by atoms with E-state index >= 15 is 0 Å². The number of imidazole rings is 1. The van der Waals surface area contributed by atoms with Crippen LogP contribution >= 0.6 is 11.8 Å². The van der Waals surface area contributed by atoms with Crippen LogP contribution in [0, 0.1) is 0 Å². The molecule has 3 aromatic rings. The third kappa shape index (κ3) is 4.46. The van der Waals surface area contributed by atoms with E-state index in [0.717, 1.165) is 16.8 Å². The zero-order valence-corrected chi connectivity index (χ0v) is 18.3. The van der Waals surface area contributed by atoms with Crippen molar-refractivity contribution in [2.45, 2.75) is 19.0 Å². The first-order valence-corrected chi connectivity index (χ1v) is 11.5. The minimum absolute atomic E-state index is 0.261. The standard InChI is InChI=1S/C22H25N5O3S/c1-30-16-7-5-6-15(14-16)23-20(28)18(10-13-31-2)25-22(29)27-12-11-26-19-9-4-3-8-17(19)24-21(26)27/h3-9,14,18H,10-13H2,1-2H3,(H,23,28)(H,25,29)/t18-/m0/s1. The number of hydrogen-bond donors (Lipinski definition) is 2. The van der Waals surface area contributed by atoms with Crippen molar-refractivity contribution in [2.24, 2.45) is 0 Å². The van der Waals surface area contributed by atoms with E-state index in [1.807, 2.05) is 41.2 Å². The maximum absolute atomic E-state index is 13.1. The second kappa shape index (κ2) is 9.30. The number of anilines is 2. The third-order valence-corrected chi connectivity index (χ3v) is 5.87. The quantitative estimate of drug-likeness (QED) is 0.590. The summed E-state index contributed by atoms with van der Waals surface area (Å²) in [6.07, 6.45) is 2.49. The summed E-state index contributed by atoms with van der Waals surface area (Å²) in [5.41, 5.74) is 2.47. The van der Waals surface area contributed by atoms with Crippen molar-refractivity contribution in [1.82, 2.24) is 14.9 Å². The first-order chi connectivity index (χ1) is 15.1. The van der Waals surface area contributed by atoms with E-state index in [2.05, 4.69) is 15.6 Å². The summed E-state index contributed by atoms with van der Waals surface area (Å²) in [5.74, 6) is 1.74. The molecule has 3 amide bonds. The molecule has 2 N–H and O–H groups in total. The number of carbonyl (C=O) groups excluding carboxylic acids is 2. The Labute approximate surface area is 185 Å². The van der Waals surface area contributed by atoms with Crippen LogP contribution < -0.4 is 20.3 Å². The van der Waals surface area contributed by atoms with E-state index in [1.54, 1.807) is 42.0 Å². The second-order valence-corrected chi connectivity index (χ2v) is 8.19.